The van der Waals surface area contributed by atoms with Crippen molar-refractivity contribution in [2.75, 3.05) is 44.1 Å². The first-order chi connectivity index (χ1) is 9.08. The van der Waals surface area contributed by atoms with Crippen LogP contribution in [0.4, 0.5) is 11.6 Å². The van der Waals surface area contributed by atoms with Gasteiger partial charge >= 0.3 is 0 Å². The Kier molecular flexibility index (Phi) is 6.56. The van der Waals surface area contributed by atoms with Crippen LogP contribution in [0.1, 0.15) is 38.9 Å². The molecule has 0 aliphatic rings. The molecule has 0 saturated heterocycles. The Morgan fingerprint density at radius 2 is 2.11 bits per heavy atom. The maximum absolute atomic E-state index is 5.08. The highest BCUT2D eigenvalue weighted by Crippen LogP contribution is 2.19. The van der Waals surface area contributed by atoms with Crippen molar-refractivity contribution in [3.8, 4) is 0 Å². The lowest BCUT2D eigenvalue weighted by molar-refractivity contribution is 0.196. The van der Waals surface area contributed by atoms with Crippen LogP contribution in [0.2, 0.25) is 0 Å². The molecule has 0 aromatic carbocycles. The van der Waals surface area contributed by atoms with Gasteiger partial charge in [0, 0.05) is 45.8 Å². The van der Waals surface area contributed by atoms with E-state index in [1.165, 1.54) is 0 Å². The topological polar surface area (TPSA) is 50.3 Å². The fourth-order valence-electron chi connectivity index (χ4n) is 1.74. The predicted octanol–water partition coefficient (Wildman–Crippen LogP) is 2.50. The third-order valence-corrected chi connectivity index (χ3v) is 2.84. The highest BCUT2D eigenvalue weighted by molar-refractivity contribution is 5.49. The first-order valence-corrected chi connectivity index (χ1v) is 6.91. The average Bonchev–Trinajstić information content (AvgIpc) is 2.39. The van der Waals surface area contributed by atoms with Crippen LogP contribution in [-0.2, 0) is 4.74 Å². The minimum absolute atomic E-state index is 0.324. The smallest absolute Gasteiger partial charge is 0.135 e. The molecule has 19 heavy (non-hydrogen) atoms. The second-order valence-corrected chi connectivity index (χ2v) is 4.92. The minimum Gasteiger partial charge on any atom is -0.385 e. The summed E-state index contributed by atoms with van der Waals surface area (Å²) in [4.78, 5) is 11.3. The molecular weight excluding hydrogens is 240 g/mol. The van der Waals surface area contributed by atoms with Crippen molar-refractivity contribution in [1.29, 1.82) is 0 Å². The molecule has 108 valence electrons. The Bertz CT molecular complexity index is 382. The van der Waals surface area contributed by atoms with Gasteiger partial charge in [0.2, 0.25) is 0 Å². The molecule has 0 amide bonds. The van der Waals surface area contributed by atoms with Gasteiger partial charge in [-0.15, -0.1) is 0 Å². The maximum atomic E-state index is 5.08. The molecule has 1 aromatic rings. The summed E-state index contributed by atoms with van der Waals surface area (Å²) in [5.74, 6) is 3.07. The molecule has 0 aliphatic heterocycles. The lowest BCUT2D eigenvalue weighted by atomic mass is 10.2. The van der Waals surface area contributed by atoms with Crippen molar-refractivity contribution >= 4 is 11.6 Å². The summed E-state index contributed by atoms with van der Waals surface area (Å²) in [6, 6.07) is 2.00. The zero-order chi connectivity index (χ0) is 14.3. The van der Waals surface area contributed by atoms with E-state index in [9.17, 15) is 0 Å². The fraction of sp³-hybridized carbons (Fsp3) is 0.714. The van der Waals surface area contributed by atoms with Crippen LogP contribution in [-0.4, -0.2) is 43.8 Å². The second kappa shape index (κ2) is 7.94. The van der Waals surface area contributed by atoms with Gasteiger partial charge < -0.3 is 15.0 Å². The van der Waals surface area contributed by atoms with Gasteiger partial charge in [0.1, 0.15) is 17.5 Å². The second-order valence-electron chi connectivity index (χ2n) is 4.92. The normalized spacial score (nSPS) is 10.8. The van der Waals surface area contributed by atoms with E-state index in [2.05, 4.69) is 48.0 Å². The van der Waals surface area contributed by atoms with Crippen molar-refractivity contribution in [2.45, 2.75) is 33.1 Å². The van der Waals surface area contributed by atoms with E-state index in [0.717, 1.165) is 43.6 Å². The molecular formula is C14H26N4O. The van der Waals surface area contributed by atoms with Crippen LogP contribution in [0.15, 0.2) is 6.07 Å². The van der Waals surface area contributed by atoms with Gasteiger partial charge in [-0.05, 0) is 13.3 Å². The van der Waals surface area contributed by atoms with E-state index < -0.39 is 0 Å². The lowest BCUT2D eigenvalue weighted by Crippen LogP contribution is -2.22. The van der Waals surface area contributed by atoms with Crippen LogP contribution in [0.25, 0.3) is 0 Å². The monoisotopic (exact) mass is 266 g/mol. The van der Waals surface area contributed by atoms with Crippen LogP contribution >= 0.6 is 0 Å². The van der Waals surface area contributed by atoms with Crippen molar-refractivity contribution in [3.05, 3.63) is 11.9 Å². The van der Waals surface area contributed by atoms with Gasteiger partial charge in [-0.2, -0.15) is 0 Å². The van der Waals surface area contributed by atoms with E-state index >= 15 is 0 Å². The predicted molar refractivity (Wildman–Crippen MR) is 80.0 cm³/mol. The number of aromatic nitrogens is 2. The summed E-state index contributed by atoms with van der Waals surface area (Å²) < 4.78 is 5.08. The molecule has 0 atom stereocenters. The van der Waals surface area contributed by atoms with E-state index in [1.807, 2.05) is 6.07 Å². The van der Waals surface area contributed by atoms with E-state index in [0.29, 0.717) is 5.92 Å². The number of rotatable bonds is 8. The summed E-state index contributed by atoms with van der Waals surface area (Å²) in [6.07, 6.45) is 0.991. The highest BCUT2D eigenvalue weighted by Gasteiger charge is 2.10. The SMILES string of the molecule is CCNc1cc(N(C)CCCOC)nc(C(C)C)n1. The maximum Gasteiger partial charge on any atom is 0.135 e. The van der Waals surface area contributed by atoms with E-state index in [1.54, 1.807) is 7.11 Å². The van der Waals surface area contributed by atoms with Crippen LogP contribution in [0.3, 0.4) is 0 Å². The van der Waals surface area contributed by atoms with Gasteiger partial charge in [0.25, 0.3) is 0 Å². The number of nitrogens with one attached hydrogen (secondary N) is 1. The molecule has 0 saturated carbocycles. The molecule has 0 spiro atoms. The summed E-state index contributed by atoms with van der Waals surface area (Å²) in [7, 11) is 3.78. The van der Waals surface area contributed by atoms with Crippen LogP contribution < -0.4 is 10.2 Å². The molecule has 0 unspecified atom stereocenters. The van der Waals surface area contributed by atoms with Crippen LogP contribution in [0, 0.1) is 0 Å². The number of hydrogen-bond acceptors (Lipinski definition) is 5. The summed E-state index contributed by atoms with van der Waals surface area (Å²) in [5, 5.41) is 3.26. The molecule has 5 heteroatoms. The zero-order valence-corrected chi connectivity index (χ0v) is 12.7. The van der Waals surface area contributed by atoms with E-state index in [4.69, 9.17) is 4.74 Å². The van der Waals surface area contributed by atoms with Gasteiger partial charge in [-0.1, -0.05) is 13.8 Å². The number of methoxy groups -OCH3 is 1. The Morgan fingerprint density at radius 3 is 2.68 bits per heavy atom. The zero-order valence-electron chi connectivity index (χ0n) is 12.7. The molecule has 0 radical (unpaired) electrons. The fourth-order valence-corrected chi connectivity index (χ4v) is 1.74. The third-order valence-electron chi connectivity index (χ3n) is 2.84. The Hall–Kier alpha value is -1.36. The first kappa shape index (κ1) is 15.7. The van der Waals surface area contributed by atoms with Crippen molar-refractivity contribution in [2.24, 2.45) is 0 Å². The third kappa shape index (κ3) is 5.03. The van der Waals surface area contributed by atoms with Gasteiger partial charge in [-0.25, -0.2) is 9.97 Å². The number of ether oxygens (including phenoxy) is 1. The average molecular weight is 266 g/mol. The number of anilines is 2. The van der Waals surface area contributed by atoms with Crippen molar-refractivity contribution in [1.82, 2.24) is 9.97 Å². The van der Waals surface area contributed by atoms with Gasteiger partial charge in [0.05, 0.1) is 0 Å². The summed E-state index contributed by atoms with van der Waals surface area (Å²) in [6.45, 7) is 8.85. The largest absolute Gasteiger partial charge is 0.385 e. The Morgan fingerprint density at radius 1 is 1.37 bits per heavy atom. The molecule has 1 heterocycles. The Labute approximate surface area is 116 Å². The standard InChI is InChI=1S/C14H26N4O/c1-6-15-12-10-13(17-14(16-12)11(2)3)18(4)8-7-9-19-5/h10-11H,6-9H2,1-5H3,(H,15,16,17). The number of hydrogen-bond donors (Lipinski definition) is 1. The molecule has 1 rings (SSSR count). The van der Waals surface area contributed by atoms with Gasteiger partial charge in [-0.3, -0.25) is 0 Å². The quantitative estimate of drug-likeness (QED) is 0.733. The lowest BCUT2D eigenvalue weighted by Gasteiger charge is -2.20. The molecule has 5 nitrogen and oxygen atoms in total. The van der Waals surface area contributed by atoms with Crippen molar-refractivity contribution in [3.63, 3.8) is 0 Å². The molecule has 1 N–H and O–H groups in total. The first-order valence-electron chi connectivity index (χ1n) is 6.91. The summed E-state index contributed by atoms with van der Waals surface area (Å²) >= 11 is 0. The van der Waals surface area contributed by atoms with Gasteiger partial charge in [0.15, 0.2) is 0 Å². The minimum atomic E-state index is 0.324. The summed E-state index contributed by atoms with van der Waals surface area (Å²) in [5.41, 5.74) is 0. The molecule has 0 fully saturated rings. The Balaban J connectivity index is 2.85. The van der Waals surface area contributed by atoms with Crippen molar-refractivity contribution < 1.29 is 4.74 Å². The molecule has 1 aromatic heterocycles. The number of nitrogens with zero attached hydrogens (tertiary/aromatic N) is 3. The molecule has 0 aliphatic carbocycles. The van der Waals surface area contributed by atoms with Crippen LogP contribution in [0.5, 0.6) is 0 Å². The van der Waals surface area contributed by atoms with E-state index in [-0.39, 0.29) is 0 Å². The molecule has 0 bridgehead atoms. The highest BCUT2D eigenvalue weighted by atomic mass is 16.5.